The lowest BCUT2D eigenvalue weighted by molar-refractivity contribution is 0.0701. The highest BCUT2D eigenvalue weighted by molar-refractivity contribution is 7.21. The van der Waals surface area contributed by atoms with Crippen molar-refractivity contribution in [1.29, 1.82) is 0 Å². The van der Waals surface area contributed by atoms with Crippen LogP contribution in [0.2, 0.25) is 0 Å². The second-order valence-corrected chi connectivity index (χ2v) is 5.57. The molecule has 3 rings (SSSR count). The molecule has 0 atom stereocenters. The molecule has 6 heteroatoms. The molecule has 0 fully saturated rings. The summed E-state index contributed by atoms with van der Waals surface area (Å²) < 4.78 is 0.994. The number of aromatic carboxylic acids is 1. The van der Waals surface area contributed by atoms with Crippen molar-refractivity contribution in [3.8, 4) is 0 Å². The summed E-state index contributed by atoms with van der Waals surface area (Å²) in [5, 5.41) is 13.6. The summed E-state index contributed by atoms with van der Waals surface area (Å²) in [6.07, 6.45) is 3.19. The maximum Gasteiger partial charge on any atom is 0.346 e. The number of nitrogens with zero attached hydrogens (tertiary/aromatic N) is 2. The Labute approximate surface area is 125 Å². The van der Waals surface area contributed by atoms with Gasteiger partial charge in [-0.3, -0.25) is 0 Å². The summed E-state index contributed by atoms with van der Waals surface area (Å²) in [6.45, 7) is 1.07. The van der Waals surface area contributed by atoms with E-state index in [-0.39, 0.29) is 0 Å². The van der Waals surface area contributed by atoms with Gasteiger partial charge in [0.05, 0.1) is 5.69 Å². The monoisotopic (exact) mass is 299 g/mol. The van der Waals surface area contributed by atoms with Crippen LogP contribution < -0.4 is 5.32 Å². The van der Waals surface area contributed by atoms with Crippen LogP contribution in [0.3, 0.4) is 0 Å². The van der Waals surface area contributed by atoms with Crippen LogP contribution in [0.5, 0.6) is 0 Å². The summed E-state index contributed by atoms with van der Waals surface area (Å²) in [5.74, 6) is -0.880. The van der Waals surface area contributed by atoms with Gasteiger partial charge in [-0.05, 0) is 23.1 Å². The first-order valence-corrected chi connectivity index (χ1v) is 7.26. The third-order valence-corrected chi connectivity index (χ3v) is 4.34. The predicted octanol–water partition coefficient (Wildman–Crippen LogP) is 2.68. The number of hydrogen-bond acceptors (Lipinski definition) is 5. The number of fused-ring (bicyclic) bond motifs is 1. The zero-order chi connectivity index (χ0) is 14.7. The standard InChI is InChI=1S/C15H13N3O2S/c19-15(20)14-12(11-3-1-2-4-13(11)21-14)8-17-7-10-5-6-16-9-18-10/h1-6,9,17H,7-8H2,(H,19,20). The van der Waals surface area contributed by atoms with Gasteiger partial charge in [0, 0.05) is 24.0 Å². The fraction of sp³-hybridized carbons (Fsp3) is 0.133. The summed E-state index contributed by atoms with van der Waals surface area (Å²) in [6, 6.07) is 9.58. The van der Waals surface area contributed by atoms with Gasteiger partial charge in [-0.1, -0.05) is 18.2 Å². The molecule has 2 heterocycles. The highest BCUT2D eigenvalue weighted by atomic mass is 32.1. The second kappa shape index (κ2) is 5.99. The number of nitrogens with one attached hydrogen (secondary N) is 1. The van der Waals surface area contributed by atoms with Crippen molar-refractivity contribution in [3.63, 3.8) is 0 Å². The largest absolute Gasteiger partial charge is 0.477 e. The maximum absolute atomic E-state index is 11.4. The lowest BCUT2D eigenvalue weighted by atomic mass is 10.1. The maximum atomic E-state index is 11.4. The van der Waals surface area contributed by atoms with Crippen LogP contribution in [-0.4, -0.2) is 21.0 Å². The van der Waals surface area contributed by atoms with E-state index >= 15 is 0 Å². The van der Waals surface area contributed by atoms with Gasteiger partial charge >= 0.3 is 5.97 Å². The van der Waals surface area contributed by atoms with Crippen LogP contribution >= 0.6 is 11.3 Å². The fourth-order valence-electron chi connectivity index (χ4n) is 2.19. The quantitative estimate of drug-likeness (QED) is 0.757. The lowest BCUT2D eigenvalue weighted by Gasteiger charge is -2.05. The van der Waals surface area contributed by atoms with E-state index in [1.165, 1.54) is 17.7 Å². The molecule has 1 aromatic carbocycles. The minimum atomic E-state index is -0.880. The minimum absolute atomic E-state index is 0.395. The van der Waals surface area contributed by atoms with Gasteiger partial charge in [0.1, 0.15) is 11.2 Å². The molecule has 0 radical (unpaired) electrons. The van der Waals surface area contributed by atoms with Crippen LogP contribution in [-0.2, 0) is 13.1 Å². The number of hydrogen-bond donors (Lipinski definition) is 2. The van der Waals surface area contributed by atoms with Crippen molar-refractivity contribution < 1.29 is 9.90 Å². The Bertz CT molecular complexity index is 771. The van der Waals surface area contributed by atoms with Crippen molar-refractivity contribution in [3.05, 3.63) is 59.0 Å². The fourth-order valence-corrected chi connectivity index (χ4v) is 3.25. The van der Waals surface area contributed by atoms with Gasteiger partial charge in [0.25, 0.3) is 0 Å². The number of thiophene rings is 1. The summed E-state index contributed by atoms with van der Waals surface area (Å²) in [7, 11) is 0. The van der Waals surface area contributed by atoms with Crippen molar-refractivity contribution in [2.45, 2.75) is 13.1 Å². The van der Waals surface area contributed by atoms with Gasteiger partial charge < -0.3 is 10.4 Å². The Morgan fingerprint density at radius 2 is 2.10 bits per heavy atom. The SMILES string of the molecule is O=C(O)c1sc2ccccc2c1CNCc1ccncn1. The first kappa shape index (κ1) is 13.7. The number of benzene rings is 1. The van der Waals surface area contributed by atoms with Gasteiger partial charge in [0.2, 0.25) is 0 Å². The molecule has 5 nitrogen and oxygen atoms in total. The highest BCUT2D eigenvalue weighted by Crippen LogP contribution is 2.31. The molecule has 21 heavy (non-hydrogen) atoms. The van der Waals surface area contributed by atoms with Crippen molar-refractivity contribution in [2.75, 3.05) is 0 Å². The molecular weight excluding hydrogens is 286 g/mol. The molecule has 2 aromatic heterocycles. The topological polar surface area (TPSA) is 75.1 Å². The number of carboxylic acid groups (broad SMARTS) is 1. The van der Waals surface area contributed by atoms with Crippen LogP contribution in [0.25, 0.3) is 10.1 Å². The smallest absolute Gasteiger partial charge is 0.346 e. The predicted molar refractivity (Wildman–Crippen MR) is 81.4 cm³/mol. The van der Waals surface area contributed by atoms with E-state index < -0.39 is 5.97 Å². The van der Waals surface area contributed by atoms with E-state index in [1.54, 1.807) is 6.20 Å². The molecule has 0 aliphatic heterocycles. The average molecular weight is 299 g/mol. The second-order valence-electron chi connectivity index (χ2n) is 4.52. The normalized spacial score (nSPS) is 10.9. The van der Waals surface area contributed by atoms with E-state index in [0.717, 1.165) is 21.3 Å². The molecule has 106 valence electrons. The van der Waals surface area contributed by atoms with Gasteiger partial charge in [-0.15, -0.1) is 11.3 Å². The zero-order valence-corrected chi connectivity index (χ0v) is 11.9. The van der Waals surface area contributed by atoms with E-state index in [9.17, 15) is 9.90 Å². The molecule has 0 amide bonds. The molecule has 0 aliphatic rings. The van der Waals surface area contributed by atoms with Gasteiger partial charge in [-0.2, -0.15) is 0 Å². The first-order chi connectivity index (χ1) is 10.3. The van der Waals surface area contributed by atoms with Crippen molar-refractivity contribution >= 4 is 27.4 Å². The Morgan fingerprint density at radius 3 is 2.86 bits per heavy atom. The van der Waals surface area contributed by atoms with Gasteiger partial charge in [0.15, 0.2) is 0 Å². The Hall–Kier alpha value is -2.31. The number of carbonyl (C=O) groups is 1. The summed E-state index contributed by atoms with van der Waals surface area (Å²) in [5.41, 5.74) is 1.71. The van der Waals surface area contributed by atoms with Gasteiger partial charge in [-0.25, -0.2) is 14.8 Å². The Balaban J connectivity index is 1.82. The number of aromatic nitrogens is 2. The third kappa shape index (κ3) is 2.91. The first-order valence-electron chi connectivity index (χ1n) is 6.45. The molecule has 0 bridgehead atoms. The minimum Gasteiger partial charge on any atom is -0.477 e. The molecule has 0 saturated heterocycles. The Kier molecular flexibility index (Phi) is 3.89. The summed E-state index contributed by atoms with van der Waals surface area (Å²) in [4.78, 5) is 19.8. The van der Waals surface area contributed by atoms with E-state index in [2.05, 4.69) is 15.3 Å². The van der Waals surface area contributed by atoms with Crippen LogP contribution in [0.15, 0.2) is 42.9 Å². The van der Waals surface area contributed by atoms with Crippen molar-refractivity contribution in [2.24, 2.45) is 0 Å². The van der Waals surface area contributed by atoms with E-state index in [4.69, 9.17) is 0 Å². The van der Waals surface area contributed by atoms with Crippen LogP contribution in [0.4, 0.5) is 0 Å². The molecule has 0 aliphatic carbocycles. The number of carboxylic acids is 1. The van der Waals surface area contributed by atoms with Crippen LogP contribution in [0.1, 0.15) is 20.9 Å². The lowest BCUT2D eigenvalue weighted by Crippen LogP contribution is -2.15. The molecule has 3 aromatic rings. The molecule has 0 spiro atoms. The molecular formula is C15H13N3O2S. The number of rotatable bonds is 5. The Morgan fingerprint density at radius 1 is 1.24 bits per heavy atom. The van der Waals surface area contributed by atoms with Crippen molar-refractivity contribution in [1.82, 2.24) is 15.3 Å². The third-order valence-electron chi connectivity index (χ3n) is 3.14. The van der Waals surface area contributed by atoms with Crippen LogP contribution in [0, 0.1) is 0 Å². The summed E-state index contributed by atoms with van der Waals surface area (Å²) >= 11 is 1.31. The molecule has 2 N–H and O–H groups in total. The van der Waals surface area contributed by atoms with E-state index in [0.29, 0.717) is 18.0 Å². The zero-order valence-electron chi connectivity index (χ0n) is 11.1. The molecule has 0 saturated carbocycles. The average Bonchev–Trinajstić information content (AvgIpc) is 2.88. The highest BCUT2D eigenvalue weighted by Gasteiger charge is 2.16. The van der Waals surface area contributed by atoms with E-state index in [1.807, 2.05) is 30.3 Å². The molecule has 0 unspecified atom stereocenters.